The fraction of sp³-hybridized carbons (Fsp3) is 0.133. The minimum absolute atomic E-state index is 0.0647. The Labute approximate surface area is 137 Å². The van der Waals surface area contributed by atoms with E-state index >= 15 is 0 Å². The van der Waals surface area contributed by atoms with Crippen LogP contribution in [-0.4, -0.2) is 14.3 Å². The van der Waals surface area contributed by atoms with E-state index in [0.717, 1.165) is 15.7 Å². The number of benzene rings is 2. The highest BCUT2D eigenvalue weighted by Crippen LogP contribution is 2.16. The third kappa shape index (κ3) is 4.94. The first-order valence-corrected chi connectivity index (χ1v) is 8.86. The second-order valence-corrected chi connectivity index (χ2v) is 7.22. The quantitative estimate of drug-likeness (QED) is 0.832. The van der Waals surface area contributed by atoms with Crippen molar-refractivity contribution in [3.63, 3.8) is 0 Å². The van der Waals surface area contributed by atoms with Crippen molar-refractivity contribution >= 4 is 37.5 Å². The molecule has 116 valence electrons. The van der Waals surface area contributed by atoms with Gasteiger partial charge in [-0.25, -0.2) is 13.6 Å². The molecule has 5 nitrogen and oxygen atoms in total. The molecule has 0 aliphatic carbocycles. The van der Waals surface area contributed by atoms with Crippen molar-refractivity contribution in [1.29, 1.82) is 0 Å². The number of carbonyl (C=O) groups excluding carboxylic acids is 1. The van der Waals surface area contributed by atoms with E-state index in [2.05, 4.69) is 21.2 Å². The monoisotopic (exact) mass is 382 g/mol. The van der Waals surface area contributed by atoms with Gasteiger partial charge in [-0.3, -0.25) is 4.79 Å². The third-order valence-electron chi connectivity index (χ3n) is 3.00. The Kier molecular flexibility index (Phi) is 5.33. The van der Waals surface area contributed by atoms with Crippen molar-refractivity contribution in [2.45, 2.75) is 17.7 Å². The zero-order chi connectivity index (χ0) is 16.2. The van der Waals surface area contributed by atoms with Crippen molar-refractivity contribution in [2.75, 3.05) is 5.32 Å². The highest BCUT2D eigenvalue weighted by molar-refractivity contribution is 9.10. The first-order chi connectivity index (χ1) is 10.3. The number of rotatable bonds is 5. The molecule has 0 radical (unpaired) electrons. The molecule has 1 amide bonds. The molecule has 0 saturated heterocycles. The van der Waals surface area contributed by atoms with Gasteiger partial charge in [0.25, 0.3) is 0 Å². The Bertz CT molecular complexity index is 774. The predicted octanol–water partition coefficient (Wildman–Crippen LogP) is 2.67. The van der Waals surface area contributed by atoms with Crippen LogP contribution in [0.2, 0.25) is 0 Å². The van der Waals surface area contributed by atoms with Crippen molar-refractivity contribution in [1.82, 2.24) is 0 Å². The highest BCUT2D eigenvalue weighted by atomic mass is 79.9. The number of halogens is 1. The number of nitrogens with two attached hydrogens (primary N) is 1. The Balaban J connectivity index is 1.91. The maximum Gasteiger partial charge on any atom is 0.238 e. The number of hydrogen-bond donors (Lipinski definition) is 2. The molecule has 0 unspecified atom stereocenters. The summed E-state index contributed by atoms with van der Waals surface area (Å²) in [4.78, 5) is 11.9. The van der Waals surface area contributed by atoms with Crippen LogP contribution in [0.1, 0.15) is 12.0 Å². The van der Waals surface area contributed by atoms with Gasteiger partial charge in [0, 0.05) is 16.6 Å². The molecule has 0 spiro atoms. The average Bonchev–Trinajstić information content (AvgIpc) is 2.45. The molecule has 3 N–H and O–H groups in total. The van der Waals surface area contributed by atoms with E-state index in [-0.39, 0.29) is 10.8 Å². The summed E-state index contributed by atoms with van der Waals surface area (Å²) < 4.78 is 23.2. The maximum absolute atomic E-state index is 11.9. The van der Waals surface area contributed by atoms with Gasteiger partial charge < -0.3 is 5.32 Å². The first kappa shape index (κ1) is 16.7. The Morgan fingerprint density at radius 1 is 1.14 bits per heavy atom. The van der Waals surface area contributed by atoms with Crippen LogP contribution in [0.15, 0.2) is 57.9 Å². The van der Waals surface area contributed by atoms with Crippen LogP contribution >= 0.6 is 15.9 Å². The topological polar surface area (TPSA) is 89.3 Å². The number of hydrogen-bond acceptors (Lipinski definition) is 3. The van der Waals surface area contributed by atoms with E-state index in [1.54, 1.807) is 12.1 Å². The number of aryl methyl sites for hydroxylation is 1. The molecular formula is C15H15BrN2O3S. The lowest BCUT2D eigenvalue weighted by molar-refractivity contribution is -0.116. The molecule has 0 bridgehead atoms. The van der Waals surface area contributed by atoms with Crippen LogP contribution in [0.4, 0.5) is 5.69 Å². The molecule has 0 aliphatic heterocycles. The summed E-state index contributed by atoms with van der Waals surface area (Å²) in [6.45, 7) is 0. The molecule has 0 saturated carbocycles. The molecule has 2 aromatic rings. The Hall–Kier alpha value is -1.70. The molecule has 2 rings (SSSR count). The zero-order valence-corrected chi connectivity index (χ0v) is 14.0. The maximum atomic E-state index is 11.9. The summed E-state index contributed by atoms with van der Waals surface area (Å²) in [5, 5.41) is 7.84. The average molecular weight is 383 g/mol. The van der Waals surface area contributed by atoms with E-state index in [1.807, 2.05) is 24.3 Å². The molecule has 0 atom stereocenters. The van der Waals surface area contributed by atoms with Crippen LogP contribution in [0.5, 0.6) is 0 Å². The second-order valence-electron chi connectivity index (χ2n) is 4.75. The number of carbonyl (C=O) groups is 1. The van der Waals surface area contributed by atoms with Crippen LogP contribution in [-0.2, 0) is 21.2 Å². The summed E-state index contributed by atoms with van der Waals surface area (Å²) >= 11 is 3.34. The number of primary sulfonamides is 1. The van der Waals surface area contributed by atoms with E-state index in [1.165, 1.54) is 12.1 Å². The fourth-order valence-electron chi connectivity index (χ4n) is 1.89. The standard InChI is InChI=1S/C15H15BrN2O3S/c16-12-2-1-3-13(10-12)18-15(19)9-6-11-4-7-14(8-5-11)22(17,20)21/h1-5,7-8,10H,6,9H2,(H,18,19)(H2,17,20,21). The van der Waals surface area contributed by atoms with Gasteiger partial charge in [0.15, 0.2) is 0 Å². The summed E-state index contributed by atoms with van der Waals surface area (Å²) in [7, 11) is -3.68. The summed E-state index contributed by atoms with van der Waals surface area (Å²) in [6, 6.07) is 13.5. The van der Waals surface area contributed by atoms with Crippen LogP contribution < -0.4 is 10.5 Å². The van der Waals surface area contributed by atoms with Gasteiger partial charge in [0.05, 0.1) is 4.90 Å². The van der Waals surface area contributed by atoms with Gasteiger partial charge in [0.2, 0.25) is 15.9 Å². The normalized spacial score (nSPS) is 11.2. The van der Waals surface area contributed by atoms with Crippen molar-refractivity contribution in [3.05, 3.63) is 58.6 Å². The van der Waals surface area contributed by atoms with E-state index in [0.29, 0.717) is 12.8 Å². The Morgan fingerprint density at radius 3 is 2.41 bits per heavy atom. The Morgan fingerprint density at radius 2 is 1.82 bits per heavy atom. The van der Waals surface area contributed by atoms with E-state index in [9.17, 15) is 13.2 Å². The molecule has 22 heavy (non-hydrogen) atoms. The van der Waals surface area contributed by atoms with Crippen LogP contribution in [0.3, 0.4) is 0 Å². The largest absolute Gasteiger partial charge is 0.326 e. The van der Waals surface area contributed by atoms with Gasteiger partial charge in [0.1, 0.15) is 0 Å². The molecule has 0 fully saturated rings. The van der Waals surface area contributed by atoms with Crippen LogP contribution in [0.25, 0.3) is 0 Å². The number of sulfonamides is 1. The minimum atomic E-state index is -3.68. The minimum Gasteiger partial charge on any atom is -0.326 e. The van der Waals surface area contributed by atoms with E-state index in [4.69, 9.17) is 5.14 Å². The number of amides is 1. The molecule has 2 aromatic carbocycles. The zero-order valence-electron chi connectivity index (χ0n) is 11.6. The van der Waals surface area contributed by atoms with Crippen molar-refractivity contribution < 1.29 is 13.2 Å². The van der Waals surface area contributed by atoms with Crippen molar-refractivity contribution in [3.8, 4) is 0 Å². The van der Waals surface area contributed by atoms with Gasteiger partial charge in [-0.1, -0.05) is 34.1 Å². The smallest absolute Gasteiger partial charge is 0.238 e. The lowest BCUT2D eigenvalue weighted by Crippen LogP contribution is -2.13. The summed E-state index contributed by atoms with van der Waals surface area (Å²) in [5.41, 5.74) is 1.60. The fourth-order valence-corrected chi connectivity index (χ4v) is 2.81. The summed E-state index contributed by atoms with van der Waals surface area (Å²) in [5.74, 6) is -0.103. The van der Waals surface area contributed by atoms with Gasteiger partial charge in [-0.2, -0.15) is 0 Å². The highest BCUT2D eigenvalue weighted by Gasteiger charge is 2.08. The number of nitrogens with one attached hydrogen (secondary N) is 1. The second kappa shape index (κ2) is 7.04. The molecule has 7 heteroatoms. The van der Waals surface area contributed by atoms with Gasteiger partial charge in [-0.05, 0) is 42.3 Å². The number of anilines is 1. The lowest BCUT2D eigenvalue weighted by Gasteiger charge is -2.06. The van der Waals surface area contributed by atoms with E-state index < -0.39 is 10.0 Å². The summed E-state index contributed by atoms with van der Waals surface area (Å²) in [6.07, 6.45) is 0.825. The SMILES string of the molecule is NS(=O)(=O)c1ccc(CCC(=O)Nc2cccc(Br)c2)cc1. The third-order valence-corrected chi connectivity index (χ3v) is 4.42. The lowest BCUT2D eigenvalue weighted by atomic mass is 10.1. The van der Waals surface area contributed by atoms with Crippen molar-refractivity contribution in [2.24, 2.45) is 5.14 Å². The molecular weight excluding hydrogens is 368 g/mol. The van der Waals surface area contributed by atoms with Crippen LogP contribution in [0, 0.1) is 0 Å². The molecule has 0 aromatic heterocycles. The van der Waals surface area contributed by atoms with Gasteiger partial charge >= 0.3 is 0 Å². The molecule has 0 heterocycles. The predicted molar refractivity (Wildman–Crippen MR) is 88.9 cm³/mol. The van der Waals surface area contributed by atoms with Gasteiger partial charge in [-0.15, -0.1) is 0 Å². The first-order valence-electron chi connectivity index (χ1n) is 6.52. The molecule has 0 aliphatic rings.